The van der Waals surface area contributed by atoms with Crippen LogP contribution in [0.5, 0.6) is 0 Å². The normalized spacial score (nSPS) is 26.9. The predicted molar refractivity (Wildman–Crippen MR) is 61.8 cm³/mol. The highest BCUT2D eigenvalue weighted by molar-refractivity contribution is 5.82. The maximum atomic E-state index is 11.8. The maximum Gasteiger partial charge on any atom is 0.161 e. The summed E-state index contributed by atoms with van der Waals surface area (Å²) in [6, 6.07) is 0. The molecule has 0 aromatic heterocycles. The van der Waals surface area contributed by atoms with Crippen LogP contribution in [0.1, 0.15) is 52.9 Å². The first-order valence-electron chi connectivity index (χ1n) is 6.27. The van der Waals surface area contributed by atoms with Gasteiger partial charge in [-0.05, 0) is 32.6 Å². The summed E-state index contributed by atoms with van der Waals surface area (Å²) in [6.45, 7) is 6.49. The molecule has 0 N–H and O–H groups in total. The van der Waals surface area contributed by atoms with Crippen LogP contribution in [0.3, 0.4) is 0 Å². The van der Waals surface area contributed by atoms with Gasteiger partial charge in [-0.2, -0.15) is 0 Å². The van der Waals surface area contributed by atoms with Crippen molar-refractivity contribution in [1.29, 1.82) is 0 Å². The standard InChI is InChI=1S/C13H24O2/c1-4-11-6-5-7-12(8-11)13(14)9-15-10(2)3/h10-12H,4-9H2,1-3H3. The Hall–Kier alpha value is -0.370. The van der Waals surface area contributed by atoms with Crippen LogP contribution in [-0.2, 0) is 9.53 Å². The summed E-state index contributed by atoms with van der Waals surface area (Å²) in [5.41, 5.74) is 0. The van der Waals surface area contributed by atoms with E-state index in [-0.39, 0.29) is 12.0 Å². The fraction of sp³-hybridized carbons (Fsp3) is 0.923. The summed E-state index contributed by atoms with van der Waals surface area (Å²) in [6.07, 6.45) is 6.09. The molecule has 0 saturated heterocycles. The largest absolute Gasteiger partial charge is 0.371 e. The molecule has 1 aliphatic carbocycles. The van der Waals surface area contributed by atoms with Crippen LogP contribution in [0.4, 0.5) is 0 Å². The molecule has 2 unspecified atom stereocenters. The molecular weight excluding hydrogens is 188 g/mol. The molecule has 2 nitrogen and oxygen atoms in total. The fourth-order valence-corrected chi connectivity index (χ4v) is 2.32. The van der Waals surface area contributed by atoms with Crippen molar-refractivity contribution in [3.05, 3.63) is 0 Å². The third-order valence-electron chi connectivity index (χ3n) is 3.37. The van der Waals surface area contributed by atoms with E-state index in [4.69, 9.17) is 4.74 Å². The van der Waals surface area contributed by atoms with Crippen LogP contribution >= 0.6 is 0 Å². The van der Waals surface area contributed by atoms with Gasteiger partial charge in [0.05, 0.1) is 6.10 Å². The molecular formula is C13H24O2. The van der Waals surface area contributed by atoms with Gasteiger partial charge in [0, 0.05) is 5.92 Å². The van der Waals surface area contributed by atoms with E-state index in [0.717, 1.165) is 18.8 Å². The predicted octanol–water partition coefficient (Wildman–Crippen LogP) is 3.20. The van der Waals surface area contributed by atoms with E-state index in [1.807, 2.05) is 13.8 Å². The first kappa shape index (κ1) is 12.7. The van der Waals surface area contributed by atoms with Crippen LogP contribution in [0.2, 0.25) is 0 Å². The molecule has 0 heterocycles. The average molecular weight is 212 g/mol. The third kappa shape index (κ3) is 4.33. The van der Waals surface area contributed by atoms with Crippen molar-refractivity contribution in [2.24, 2.45) is 11.8 Å². The first-order valence-corrected chi connectivity index (χ1v) is 6.27. The minimum Gasteiger partial charge on any atom is -0.371 e. The average Bonchev–Trinajstić information content (AvgIpc) is 2.26. The second kappa shape index (κ2) is 6.26. The monoisotopic (exact) mass is 212 g/mol. The van der Waals surface area contributed by atoms with Crippen molar-refractivity contribution in [3.8, 4) is 0 Å². The summed E-state index contributed by atoms with van der Waals surface area (Å²) < 4.78 is 5.38. The van der Waals surface area contributed by atoms with Gasteiger partial charge in [0.25, 0.3) is 0 Å². The Kier molecular flexibility index (Phi) is 5.30. The molecule has 0 radical (unpaired) electrons. The van der Waals surface area contributed by atoms with Crippen LogP contribution < -0.4 is 0 Å². The molecule has 0 bridgehead atoms. The van der Waals surface area contributed by atoms with Crippen molar-refractivity contribution in [3.63, 3.8) is 0 Å². The Bertz CT molecular complexity index is 199. The van der Waals surface area contributed by atoms with Gasteiger partial charge in [0.1, 0.15) is 6.61 Å². The van der Waals surface area contributed by atoms with E-state index < -0.39 is 0 Å². The lowest BCUT2D eigenvalue weighted by Gasteiger charge is -2.27. The number of rotatable bonds is 5. The van der Waals surface area contributed by atoms with Gasteiger partial charge in [-0.1, -0.05) is 26.2 Å². The molecule has 1 aliphatic rings. The van der Waals surface area contributed by atoms with E-state index >= 15 is 0 Å². The molecule has 88 valence electrons. The molecule has 0 aliphatic heterocycles. The smallest absolute Gasteiger partial charge is 0.161 e. The fourth-order valence-electron chi connectivity index (χ4n) is 2.32. The van der Waals surface area contributed by atoms with Crippen molar-refractivity contribution < 1.29 is 9.53 Å². The van der Waals surface area contributed by atoms with Gasteiger partial charge in [-0.3, -0.25) is 4.79 Å². The lowest BCUT2D eigenvalue weighted by molar-refractivity contribution is -0.130. The lowest BCUT2D eigenvalue weighted by Crippen LogP contribution is -2.26. The number of carbonyl (C=O) groups is 1. The van der Waals surface area contributed by atoms with Crippen LogP contribution in [0, 0.1) is 11.8 Å². The molecule has 0 aromatic carbocycles. The highest BCUT2D eigenvalue weighted by Gasteiger charge is 2.26. The van der Waals surface area contributed by atoms with Crippen LogP contribution in [0.25, 0.3) is 0 Å². The molecule has 1 fully saturated rings. The van der Waals surface area contributed by atoms with Gasteiger partial charge in [-0.25, -0.2) is 0 Å². The molecule has 2 atom stereocenters. The molecule has 2 heteroatoms. The molecule has 1 rings (SSSR count). The van der Waals surface area contributed by atoms with E-state index in [0.29, 0.717) is 12.4 Å². The highest BCUT2D eigenvalue weighted by atomic mass is 16.5. The van der Waals surface area contributed by atoms with E-state index in [2.05, 4.69) is 6.92 Å². The number of hydrogen-bond acceptors (Lipinski definition) is 2. The zero-order valence-electron chi connectivity index (χ0n) is 10.3. The number of ketones is 1. The lowest BCUT2D eigenvalue weighted by atomic mass is 9.78. The topological polar surface area (TPSA) is 26.3 Å². The van der Waals surface area contributed by atoms with Crippen LogP contribution in [0.15, 0.2) is 0 Å². The van der Waals surface area contributed by atoms with Gasteiger partial charge in [0.15, 0.2) is 5.78 Å². The SMILES string of the molecule is CCC1CCCC(C(=O)COC(C)C)C1. The van der Waals surface area contributed by atoms with Crippen molar-refractivity contribution in [2.45, 2.75) is 59.0 Å². The number of Topliss-reactive ketones (excluding diaryl/α,β-unsaturated/α-hetero) is 1. The van der Waals surface area contributed by atoms with E-state index in [9.17, 15) is 4.79 Å². The molecule has 0 spiro atoms. The van der Waals surface area contributed by atoms with Gasteiger partial charge >= 0.3 is 0 Å². The minimum absolute atomic E-state index is 0.166. The Balaban J connectivity index is 2.32. The van der Waals surface area contributed by atoms with E-state index in [1.165, 1.54) is 19.3 Å². The van der Waals surface area contributed by atoms with Crippen LogP contribution in [-0.4, -0.2) is 18.5 Å². The minimum atomic E-state index is 0.166. The molecule has 15 heavy (non-hydrogen) atoms. The van der Waals surface area contributed by atoms with Crippen molar-refractivity contribution in [1.82, 2.24) is 0 Å². The zero-order valence-corrected chi connectivity index (χ0v) is 10.3. The van der Waals surface area contributed by atoms with Gasteiger partial charge in [-0.15, -0.1) is 0 Å². The quantitative estimate of drug-likeness (QED) is 0.699. The van der Waals surface area contributed by atoms with Gasteiger partial charge in [0.2, 0.25) is 0 Å². The zero-order chi connectivity index (χ0) is 11.3. The second-order valence-corrected chi connectivity index (χ2v) is 4.96. The van der Waals surface area contributed by atoms with Crippen molar-refractivity contribution in [2.75, 3.05) is 6.61 Å². The number of hydrogen-bond donors (Lipinski definition) is 0. The highest BCUT2D eigenvalue weighted by Crippen LogP contribution is 2.31. The first-order chi connectivity index (χ1) is 7.13. The Morgan fingerprint density at radius 2 is 2.13 bits per heavy atom. The summed E-state index contributed by atoms with van der Waals surface area (Å²) in [7, 11) is 0. The van der Waals surface area contributed by atoms with Crippen molar-refractivity contribution >= 4 is 5.78 Å². The molecule has 0 aromatic rings. The Labute approximate surface area is 93.4 Å². The molecule has 1 saturated carbocycles. The Morgan fingerprint density at radius 3 is 2.73 bits per heavy atom. The maximum absolute atomic E-state index is 11.8. The van der Waals surface area contributed by atoms with Gasteiger partial charge < -0.3 is 4.74 Å². The second-order valence-electron chi connectivity index (χ2n) is 4.96. The number of ether oxygens (including phenoxy) is 1. The Morgan fingerprint density at radius 1 is 1.40 bits per heavy atom. The summed E-state index contributed by atoms with van der Waals surface area (Å²) in [5, 5.41) is 0. The number of carbonyl (C=O) groups excluding carboxylic acids is 1. The third-order valence-corrected chi connectivity index (χ3v) is 3.37. The summed E-state index contributed by atoms with van der Waals surface area (Å²) in [4.78, 5) is 11.8. The van der Waals surface area contributed by atoms with E-state index in [1.54, 1.807) is 0 Å². The summed E-state index contributed by atoms with van der Waals surface area (Å²) >= 11 is 0. The molecule has 0 amide bonds. The summed E-state index contributed by atoms with van der Waals surface area (Å²) in [5.74, 6) is 1.37.